The summed E-state index contributed by atoms with van der Waals surface area (Å²) < 4.78 is 5.39. The summed E-state index contributed by atoms with van der Waals surface area (Å²) in [5.74, 6) is 0.654. The minimum atomic E-state index is 0.159. The summed E-state index contributed by atoms with van der Waals surface area (Å²) in [6.07, 6.45) is 1.06. The van der Waals surface area contributed by atoms with Crippen molar-refractivity contribution in [3.05, 3.63) is 29.3 Å². The number of amides is 1. The molecule has 0 aliphatic carbocycles. The Hall–Kier alpha value is -1.55. The molecule has 4 nitrogen and oxygen atoms in total. The zero-order valence-corrected chi connectivity index (χ0v) is 13.3. The monoisotopic (exact) mass is 290 g/mol. The molecule has 1 atom stereocenters. The van der Waals surface area contributed by atoms with E-state index < -0.39 is 0 Å². The van der Waals surface area contributed by atoms with E-state index in [4.69, 9.17) is 4.74 Å². The highest BCUT2D eigenvalue weighted by Gasteiger charge is 2.21. The predicted molar refractivity (Wildman–Crippen MR) is 85.6 cm³/mol. The van der Waals surface area contributed by atoms with Gasteiger partial charge in [0.25, 0.3) is 0 Å². The molecule has 4 heteroatoms. The fraction of sp³-hybridized carbons (Fsp3) is 0.588. The van der Waals surface area contributed by atoms with Gasteiger partial charge in [-0.1, -0.05) is 18.2 Å². The standard InChI is InChI=1S/C17H26N2O2/c1-4-19(11-15-8-9-21-12-15)16(20)10-18-17-13(2)6-5-7-14(17)3/h5-7,15,18H,4,8-12H2,1-3H3. The van der Waals surface area contributed by atoms with E-state index >= 15 is 0 Å². The number of hydrogen-bond acceptors (Lipinski definition) is 3. The number of aryl methyl sites for hydroxylation is 2. The number of anilines is 1. The van der Waals surface area contributed by atoms with Gasteiger partial charge in [0.15, 0.2) is 0 Å². The van der Waals surface area contributed by atoms with Crippen molar-refractivity contribution in [1.82, 2.24) is 4.90 Å². The molecule has 1 aromatic carbocycles. The lowest BCUT2D eigenvalue weighted by Crippen LogP contribution is -2.39. The lowest BCUT2D eigenvalue weighted by atomic mass is 10.1. The quantitative estimate of drug-likeness (QED) is 0.875. The first-order valence-electron chi connectivity index (χ1n) is 7.77. The average Bonchev–Trinajstić information content (AvgIpc) is 2.97. The number of ether oxygens (including phenoxy) is 1. The van der Waals surface area contributed by atoms with Crippen LogP contribution in [0.15, 0.2) is 18.2 Å². The molecule has 0 saturated carbocycles. The summed E-state index contributed by atoms with van der Waals surface area (Å²) in [5.41, 5.74) is 3.43. The maximum absolute atomic E-state index is 12.4. The van der Waals surface area contributed by atoms with Crippen LogP contribution in [0.5, 0.6) is 0 Å². The molecule has 1 heterocycles. The number of rotatable bonds is 6. The van der Waals surface area contributed by atoms with E-state index in [0.717, 1.165) is 38.4 Å². The van der Waals surface area contributed by atoms with Crippen LogP contribution >= 0.6 is 0 Å². The lowest BCUT2D eigenvalue weighted by molar-refractivity contribution is -0.129. The Morgan fingerprint density at radius 1 is 1.38 bits per heavy atom. The highest BCUT2D eigenvalue weighted by Crippen LogP contribution is 2.19. The third-order valence-corrected chi connectivity index (χ3v) is 4.13. The minimum absolute atomic E-state index is 0.159. The van der Waals surface area contributed by atoms with E-state index in [-0.39, 0.29) is 5.91 Å². The number of para-hydroxylation sites is 1. The van der Waals surface area contributed by atoms with Crippen molar-refractivity contribution in [3.8, 4) is 0 Å². The number of nitrogens with zero attached hydrogens (tertiary/aromatic N) is 1. The summed E-state index contributed by atoms with van der Waals surface area (Å²) in [6.45, 7) is 9.69. The van der Waals surface area contributed by atoms with Gasteiger partial charge in [-0.05, 0) is 38.3 Å². The number of nitrogens with one attached hydrogen (secondary N) is 1. The molecule has 1 saturated heterocycles. The second kappa shape index (κ2) is 7.46. The fourth-order valence-corrected chi connectivity index (χ4v) is 2.82. The smallest absolute Gasteiger partial charge is 0.241 e. The summed E-state index contributed by atoms with van der Waals surface area (Å²) >= 11 is 0. The summed E-state index contributed by atoms with van der Waals surface area (Å²) in [7, 11) is 0. The molecular weight excluding hydrogens is 264 g/mol. The summed E-state index contributed by atoms with van der Waals surface area (Å²) in [4.78, 5) is 14.3. The van der Waals surface area contributed by atoms with Gasteiger partial charge in [0.1, 0.15) is 0 Å². The van der Waals surface area contributed by atoms with Crippen molar-refractivity contribution in [2.75, 3.05) is 38.2 Å². The Morgan fingerprint density at radius 3 is 2.67 bits per heavy atom. The van der Waals surface area contributed by atoms with Gasteiger partial charge in [0, 0.05) is 31.3 Å². The number of likely N-dealkylation sites (N-methyl/N-ethyl adjacent to an activating group) is 1. The summed E-state index contributed by atoms with van der Waals surface area (Å²) in [6, 6.07) is 6.16. The van der Waals surface area contributed by atoms with Crippen LogP contribution in [0.4, 0.5) is 5.69 Å². The molecular formula is C17H26N2O2. The molecule has 1 aromatic rings. The van der Waals surface area contributed by atoms with Crippen LogP contribution in [0, 0.1) is 19.8 Å². The molecule has 1 aliphatic heterocycles. The molecule has 0 bridgehead atoms. The number of carbonyl (C=O) groups is 1. The van der Waals surface area contributed by atoms with E-state index in [1.165, 1.54) is 11.1 Å². The number of hydrogen-bond donors (Lipinski definition) is 1. The Balaban J connectivity index is 1.90. The summed E-state index contributed by atoms with van der Waals surface area (Å²) in [5, 5.41) is 3.30. The van der Waals surface area contributed by atoms with Gasteiger partial charge < -0.3 is 15.0 Å². The third-order valence-electron chi connectivity index (χ3n) is 4.13. The van der Waals surface area contributed by atoms with Crippen LogP contribution in [-0.2, 0) is 9.53 Å². The first-order chi connectivity index (χ1) is 10.1. The van der Waals surface area contributed by atoms with Gasteiger partial charge in [-0.2, -0.15) is 0 Å². The van der Waals surface area contributed by atoms with Gasteiger partial charge >= 0.3 is 0 Å². The molecule has 1 aliphatic rings. The molecule has 1 amide bonds. The largest absolute Gasteiger partial charge is 0.381 e. The SMILES string of the molecule is CCN(CC1CCOC1)C(=O)CNc1c(C)cccc1C. The second-order valence-electron chi connectivity index (χ2n) is 5.78. The van der Waals surface area contributed by atoms with Crippen molar-refractivity contribution < 1.29 is 9.53 Å². The zero-order chi connectivity index (χ0) is 15.2. The van der Waals surface area contributed by atoms with E-state index in [1.807, 2.05) is 17.9 Å². The first-order valence-corrected chi connectivity index (χ1v) is 7.77. The van der Waals surface area contributed by atoms with Gasteiger partial charge in [-0.25, -0.2) is 0 Å². The van der Waals surface area contributed by atoms with Crippen molar-refractivity contribution in [2.24, 2.45) is 5.92 Å². The maximum Gasteiger partial charge on any atom is 0.241 e. The molecule has 2 rings (SSSR count). The van der Waals surface area contributed by atoms with Crippen LogP contribution in [-0.4, -0.2) is 43.7 Å². The highest BCUT2D eigenvalue weighted by molar-refractivity contribution is 5.81. The first kappa shape index (κ1) is 15.8. The highest BCUT2D eigenvalue weighted by atomic mass is 16.5. The maximum atomic E-state index is 12.4. The topological polar surface area (TPSA) is 41.6 Å². The Morgan fingerprint density at radius 2 is 2.10 bits per heavy atom. The van der Waals surface area contributed by atoms with E-state index in [2.05, 4.69) is 31.3 Å². The molecule has 116 valence electrons. The molecule has 0 spiro atoms. The normalized spacial score (nSPS) is 17.8. The predicted octanol–water partition coefficient (Wildman–Crippen LogP) is 2.60. The molecule has 0 radical (unpaired) electrons. The minimum Gasteiger partial charge on any atom is -0.381 e. The van der Waals surface area contributed by atoms with Gasteiger partial charge in [-0.3, -0.25) is 4.79 Å². The second-order valence-corrected chi connectivity index (χ2v) is 5.78. The molecule has 21 heavy (non-hydrogen) atoms. The zero-order valence-electron chi connectivity index (χ0n) is 13.3. The molecule has 1 unspecified atom stereocenters. The van der Waals surface area contributed by atoms with E-state index in [0.29, 0.717) is 12.5 Å². The van der Waals surface area contributed by atoms with Crippen molar-refractivity contribution in [1.29, 1.82) is 0 Å². The third kappa shape index (κ3) is 4.21. The van der Waals surface area contributed by atoms with Crippen LogP contribution in [0.2, 0.25) is 0 Å². The van der Waals surface area contributed by atoms with Crippen LogP contribution in [0.1, 0.15) is 24.5 Å². The Kier molecular flexibility index (Phi) is 5.62. The van der Waals surface area contributed by atoms with Crippen LogP contribution in [0.3, 0.4) is 0 Å². The van der Waals surface area contributed by atoms with Crippen LogP contribution in [0.25, 0.3) is 0 Å². The van der Waals surface area contributed by atoms with Crippen molar-refractivity contribution in [2.45, 2.75) is 27.2 Å². The molecule has 0 aromatic heterocycles. The van der Waals surface area contributed by atoms with Crippen molar-refractivity contribution >= 4 is 11.6 Å². The Bertz CT molecular complexity index is 461. The lowest BCUT2D eigenvalue weighted by Gasteiger charge is -2.24. The molecule has 1 N–H and O–H groups in total. The number of carbonyl (C=O) groups excluding carboxylic acids is 1. The number of benzene rings is 1. The van der Waals surface area contributed by atoms with E-state index in [9.17, 15) is 4.79 Å². The van der Waals surface area contributed by atoms with E-state index in [1.54, 1.807) is 0 Å². The van der Waals surface area contributed by atoms with Crippen molar-refractivity contribution in [3.63, 3.8) is 0 Å². The van der Waals surface area contributed by atoms with Gasteiger partial charge in [0.05, 0.1) is 13.2 Å². The van der Waals surface area contributed by atoms with Crippen LogP contribution < -0.4 is 5.32 Å². The Labute approximate surface area is 127 Å². The van der Waals surface area contributed by atoms with Gasteiger partial charge in [-0.15, -0.1) is 0 Å². The van der Waals surface area contributed by atoms with Gasteiger partial charge in [0.2, 0.25) is 5.91 Å². The average molecular weight is 290 g/mol. The molecule has 1 fully saturated rings. The fourth-order valence-electron chi connectivity index (χ4n) is 2.82.